The molecule has 0 unspecified atom stereocenters. The first-order chi connectivity index (χ1) is 17.2. The topological polar surface area (TPSA) is 127 Å². The number of H-pyrrole nitrogens is 1. The van der Waals surface area contributed by atoms with Crippen molar-refractivity contribution >= 4 is 26.7 Å². The molecule has 4 rings (SSSR count). The lowest BCUT2D eigenvalue weighted by Gasteiger charge is -2.18. The van der Waals surface area contributed by atoms with E-state index in [1.54, 1.807) is 12.1 Å². The first kappa shape index (κ1) is 25.6. The van der Waals surface area contributed by atoms with E-state index >= 15 is 0 Å². The average Bonchev–Trinajstić information content (AvgIpc) is 3.24. The Hall–Kier alpha value is -3.53. The molecule has 9 heteroatoms. The van der Waals surface area contributed by atoms with E-state index in [1.165, 1.54) is 0 Å². The van der Waals surface area contributed by atoms with E-state index in [0.717, 1.165) is 28.3 Å². The van der Waals surface area contributed by atoms with Crippen LogP contribution in [0.4, 0.5) is 5.69 Å². The lowest BCUT2D eigenvalue weighted by Crippen LogP contribution is -2.32. The molecule has 1 heterocycles. The Bertz CT molecular complexity index is 1430. The predicted octanol–water partition coefficient (Wildman–Crippen LogP) is 3.92. The smallest absolute Gasteiger partial charge is 0.306 e. The maximum atomic E-state index is 11.5. The number of aromatic amines is 1. The van der Waals surface area contributed by atoms with Crippen molar-refractivity contribution in [2.45, 2.75) is 32.1 Å². The Morgan fingerprint density at radius 3 is 2.64 bits per heavy atom. The zero-order valence-corrected chi connectivity index (χ0v) is 21.1. The lowest BCUT2D eigenvalue weighted by atomic mass is 10.0. The number of anilines is 1. The number of hydrogen-bond donors (Lipinski definition) is 4. The molecule has 0 fully saturated rings. The van der Waals surface area contributed by atoms with Crippen LogP contribution in [0, 0.1) is 0 Å². The standard InChI is InChI=1S/C27H31N3O5S/c1-18(12-21-15-30-27-24(21)10-5-11-26(27)35-36(2,32)33)29-16-25(31)20-7-4-9-23(14-20)34-17-19-6-3-8-22(28)13-19/h3-11,13-15,18,25,29-31H,12,16-17,28H2,1-2H3/t18-,25+/m1/s1. The lowest BCUT2D eigenvalue weighted by molar-refractivity contribution is 0.170. The number of aliphatic hydroxyl groups excluding tert-OH is 1. The number of fused-ring (bicyclic) bond motifs is 1. The summed E-state index contributed by atoms with van der Waals surface area (Å²) in [6, 6.07) is 20.3. The molecule has 8 nitrogen and oxygen atoms in total. The molecule has 0 saturated heterocycles. The molecule has 0 aliphatic carbocycles. The second-order valence-electron chi connectivity index (χ2n) is 8.92. The van der Waals surface area contributed by atoms with Crippen molar-refractivity contribution in [3.63, 3.8) is 0 Å². The second-order valence-corrected chi connectivity index (χ2v) is 10.5. The van der Waals surface area contributed by atoms with E-state index < -0.39 is 16.2 Å². The maximum Gasteiger partial charge on any atom is 0.306 e. The third-order valence-corrected chi connectivity index (χ3v) is 6.27. The van der Waals surface area contributed by atoms with Gasteiger partial charge >= 0.3 is 10.1 Å². The molecule has 2 atom stereocenters. The van der Waals surface area contributed by atoms with Crippen LogP contribution in [0.15, 0.2) is 72.9 Å². The molecule has 3 aromatic carbocycles. The van der Waals surface area contributed by atoms with Gasteiger partial charge in [-0.05, 0) is 60.4 Å². The summed E-state index contributed by atoms with van der Waals surface area (Å²) in [5.74, 6) is 0.947. The summed E-state index contributed by atoms with van der Waals surface area (Å²) in [5, 5.41) is 15.0. The highest BCUT2D eigenvalue weighted by Gasteiger charge is 2.15. The quantitative estimate of drug-likeness (QED) is 0.178. The van der Waals surface area contributed by atoms with E-state index in [-0.39, 0.29) is 11.8 Å². The van der Waals surface area contributed by atoms with Gasteiger partial charge in [-0.15, -0.1) is 0 Å². The largest absolute Gasteiger partial charge is 0.489 e. The number of aromatic nitrogens is 1. The van der Waals surface area contributed by atoms with Crippen LogP contribution in [0.5, 0.6) is 11.5 Å². The summed E-state index contributed by atoms with van der Waals surface area (Å²) in [5.41, 5.74) is 9.91. The molecule has 36 heavy (non-hydrogen) atoms. The molecule has 0 amide bonds. The number of aliphatic hydroxyl groups is 1. The highest BCUT2D eigenvalue weighted by Crippen LogP contribution is 2.29. The SMILES string of the molecule is C[C@H](Cc1c[nH]c2c(OS(C)(=O)=O)cccc12)NC[C@H](O)c1cccc(OCc2cccc(N)c2)c1. The Balaban J connectivity index is 1.34. The molecule has 0 aliphatic heterocycles. The summed E-state index contributed by atoms with van der Waals surface area (Å²) in [4.78, 5) is 3.12. The van der Waals surface area contributed by atoms with Gasteiger partial charge in [0, 0.05) is 29.9 Å². The summed E-state index contributed by atoms with van der Waals surface area (Å²) >= 11 is 0. The fourth-order valence-electron chi connectivity index (χ4n) is 4.08. The highest BCUT2D eigenvalue weighted by atomic mass is 32.2. The van der Waals surface area contributed by atoms with Crippen LogP contribution in [0.25, 0.3) is 10.9 Å². The zero-order valence-electron chi connectivity index (χ0n) is 20.3. The Morgan fingerprint density at radius 2 is 1.86 bits per heavy atom. The minimum absolute atomic E-state index is 0.0566. The van der Waals surface area contributed by atoms with Gasteiger partial charge in [0.25, 0.3) is 0 Å². The number of ether oxygens (including phenoxy) is 1. The average molecular weight is 510 g/mol. The first-order valence-electron chi connectivity index (χ1n) is 11.6. The van der Waals surface area contributed by atoms with Crippen LogP contribution >= 0.6 is 0 Å². The van der Waals surface area contributed by atoms with Gasteiger partial charge in [-0.1, -0.05) is 36.4 Å². The first-order valence-corrected chi connectivity index (χ1v) is 13.5. The van der Waals surface area contributed by atoms with Crippen LogP contribution in [0.3, 0.4) is 0 Å². The van der Waals surface area contributed by atoms with Crippen molar-refractivity contribution in [2.24, 2.45) is 0 Å². The Morgan fingerprint density at radius 1 is 1.08 bits per heavy atom. The van der Waals surface area contributed by atoms with Gasteiger partial charge in [-0.3, -0.25) is 0 Å². The summed E-state index contributed by atoms with van der Waals surface area (Å²) in [6.07, 6.45) is 2.85. The third kappa shape index (κ3) is 6.78. The van der Waals surface area contributed by atoms with Gasteiger partial charge in [0.1, 0.15) is 12.4 Å². The number of nitrogens with one attached hydrogen (secondary N) is 2. The van der Waals surface area contributed by atoms with E-state index in [4.69, 9.17) is 14.7 Å². The summed E-state index contributed by atoms with van der Waals surface area (Å²) < 4.78 is 34.1. The number of para-hydroxylation sites is 1. The van der Waals surface area contributed by atoms with Gasteiger partial charge in [0.05, 0.1) is 17.9 Å². The Labute approximate surface area is 211 Å². The minimum Gasteiger partial charge on any atom is -0.489 e. The summed E-state index contributed by atoms with van der Waals surface area (Å²) in [6.45, 7) is 2.79. The summed E-state index contributed by atoms with van der Waals surface area (Å²) in [7, 11) is -3.62. The van der Waals surface area contributed by atoms with Crippen molar-refractivity contribution in [1.82, 2.24) is 10.3 Å². The maximum absolute atomic E-state index is 11.5. The van der Waals surface area contributed by atoms with Gasteiger partial charge in [-0.25, -0.2) is 0 Å². The van der Waals surface area contributed by atoms with Gasteiger partial charge in [-0.2, -0.15) is 8.42 Å². The molecule has 5 N–H and O–H groups in total. The molecule has 1 aromatic heterocycles. The van der Waals surface area contributed by atoms with Crippen LogP contribution in [0.2, 0.25) is 0 Å². The van der Waals surface area contributed by atoms with Crippen LogP contribution < -0.4 is 20.0 Å². The highest BCUT2D eigenvalue weighted by molar-refractivity contribution is 7.86. The molecule has 0 radical (unpaired) electrons. The Kier molecular flexibility index (Phi) is 7.83. The normalized spacial score (nSPS) is 13.4. The van der Waals surface area contributed by atoms with Gasteiger partial charge in [0.2, 0.25) is 0 Å². The van der Waals surface area contributed by atoms with Crippen molar-refractivity contribution < 1.29 is 22.4 Å². The number of hydrogen-bond acceptors (Lipinski definition) is 7. The minimum atomic E-state index is -3.62. The molecule has 0 bridgehead atoms. The predicted molar refractivity (Wildman–Crippen MR) is 142 cm³/mol. The fourth-order valence-corrected chi connectivity index (χ4v) is 4.54. The molecule has 4 aromatic rings. The van der Waals surface area contributed by atoms with Crippen molar-refractivity contribution in [1.29, 1.82) is 0 Å². The molecule has 0 saturated carbocycles. The fraction of sp³-hybridized carbons (Fsp3) is 0.259. The third-order valence-electron chi connectivity index (χ3n) is 5.79. The van der Waals surface area contributed by atoms with Crippen LogP contribution in [-0.2, 0) is 23.1 Å². The second kappa shape index (κ2) is 11.0. The van der Waals surface area contributed by atoms with Gasteiger partial charge < -0.3 is 30.1 Å². The van der Waals surface area contributed by atoms with Crippen molar-refractivity contribution in [3.8, 4) is 11.5 Å². The molecular formula is C27H31N3O5S. The number of nitrogen functional groups attached to an aromatic ring is 1. The monoisotopic (exact) mass is 509 g/mol. The van der Waals surface area contributed by atoms with E-state index in [2.05, 4.69) is 10.3 Å². The molecular weight excluding hydrogens is 478 g/mol. The van der Waals surface area contributed by atoms with Crippen molar-refractivity contribution in [2.75, 3.05) is 18.5 Å². The molecule has 190 valence electrons. The van der Waals surface area contributed by atoms with Gasteiger partial charge in [0.15, 0.2) is 5.75 Å². The van der Waals surface area contributed by atoms with Crippen LogP contribution in [0.1, 0.15) is 29.7 Å². The zero-order chi connectivity index (χ0) is 25.7. The molecule has 0 spiro atoms. The number of rotatable bonds is 11. The van der Waals surface area contributed by atoms with Crippen molar-refractivity contribution in [3.05, 3.63) is 89.6 Å². The van der Waals surface area contributed by atoms with E-state index in [9.17, 15) is 13.5 Å². The number of benzene rings is 3. The van der Waals surface area contributed by atoms with Crippen LogP contribution in [-0.4, -0.2) is 37.4 Å². The number of nitrogens with two attached hydrogens (primary N) is 1. The molecule has 0 aliphatic rings. The van der Waals surface area contributed by atoms with E-state index in [0.29, 0.717) is 36.5 Å². The van der Waals surface area contributed by atoms with E-state index in [1.807, 2.05) is 67.7 Å².